The van der Waals surface area contributed by atoms with E-state index < -0.39 is 0 Å². The van der Waals surface area contributed by atoms with Crippen molar-refractivity contribution in [3.63, 3.8) is 0 Å². The van der Waals surface area contributed by atoms with E-state index in [1.165, 1.54) is 64.2 Å². The standard InChI is InChI=1S/C26H32O3/c1-3-7-19(8-4-1)17-27-21-11-13-25-23(15-21)24-16-22(12-14-26(24)29-25)28-18-20-9-5-2-6-10-20/h11-16,19-20H,1-10,17-18H2. The number of hydrogen-bond donors (Lipinski definition) is 0. The van der Waals surface area contributed by atoms with Crippen LogP contribution in [-0.4, -0.2) is 13.2 Å². The minimum absolute atomic E-state index is 0.709. The average molecular weight is 393 g/mol. The zero-order valence-corrected chi connectivity index (χ0v) is 17.3. The van der Waals surface area contributed by atoms with Gasteiger partial charge in [-0.25, -0.2) is 0 Å². The Morgan fingerprint density at radius 1 is 0.621 bits per heavy atom. The van der Waals surface area contributed by atoms with Crippen molar-refractivity contribution >= 4 is 21.9 Å². The van der Waals surface area contributed by atoms with Crippen molar-refractivity contribution < 1.29 is 13.9 Å². The summed E-state index contributed by atoms with van der Waals surface area (Å²) in [5.41, 5.74) is 1.82. The first kappa shape index (κ1) is 18.8. The van der Waals surface area contributed by atoms with Crippen LogP contribution in [-0.2, 0) is 0 Å². The number of furan rings is 1. The Morgan fingerprint density at radius 2 is 1.07 bits per heavy atom. The van der Waals surface area contributed by atoms with Crippen molar-refractivity contribution in [2.75, 3.05) is 13.2 Å². The molecule has 2 aliphatic carbocycles. The lowest BCUT2D eigenvalue weighted by atomic mass is 9.90. The van der Waals surface area contributed by atoms with Crippen molar-refractivity contribution in [2.45, 2.75) is 64.2 Å². The molecule has 3 aromatic rings. The first-order valence-electron chi connectivity index (χ1n) is 11.6. The monoisotopic (exact) mass is 392 g/mol. The van der Waals surface area contributed by atoms with Crippen LogP contribution in [0.1, 0.15) is 64.2 Å². The van der Waals surface area contributed by atoms with Crippen LogP contribution < -0.4 is 9.47 Å². The molecule has 1 aromatic heterocycles. The van der Waals surface area contributed by atoms with Crippen LogP contribution in [0.15, 0.2) is 40.8 Å². The van der Waals surface area contributed by atoms with Crippen LogP contribution in [0.2, 0.25) is 0 Å². The first-order chi connectivity index (χ1) is 14.3. The molecular formula is C26H32O3. The van der Waals surface area contributed by atoms with Gasteiger partial charge in [0.2, 0.25) is 0 Å². The molecule has 2 fully saturated rings. The molecule has 0 spiro atoms. The van der Waals surface area contributed by atoms with Crippen LogP contribution >= 0.6 is 0 Å². The lowest BCUT2D eigenvalue weighted by Crippen LogP contribution is -2.15. The Balaban J connectivity index is 1.32. The van der Waals surface area contributed by atoms with Gasteiger partial charge in [0.15, 0.2) is 0 Å². The van der Waals surface area contributed by atoms with Gasteiger partial charge in [-0.1, -0.05) is 38.5 Å². The SMILES string of the molecule is c1cc2oc3ccc(OCC4CCCCC4)cc3c2cc1OCC1CCCCC1. The molecule has 3 nitrogen and oxygen atoms in total. The van der Waals surface area contributed by atoms with E-state index in [1.54, 1.807) is 0 Å². The molecule has 0 N–H and O–H groups in total. The molecule has 0 bridgehead atoms. The molecule has 0 saturated heterocycles. The number of benzene rings is 2. The van der Waals surface area contributed by atoms with E-state index in [9.17, 15) is 0 Å². The largest absolute Gasteiger partial charge is 0.493 e. The van der Waals surface area contributed by atoms with E-state index in [2.05, 4.69) is 12.1 Å². The molecule has 2 saturated carbocycles. The Kier molecular flexibility index (Phi) is 5.64. The highest BCUT2D eigenvalue weighted by Crippen LogP contribution is 2.34. The topological polar surface area (TPSA) is 31.6 Å². The van der Waals surface area contributed by atoms with Gasteiger partial charge < -0.3 is 13.9 Å². The highest BCUT2D eigenvalue weighted by Gasteiger charge is 2.16. The predicted molar refractivity (Wildman–Crippen MR) is 118 cm³/mol. The number of hydrogen-bond acceptors (Lipinski definition) is 3. The minimum atomic E-state index is 0.709. The highest BCUT2D eigenvalue weighted by atomic mass is 16.5. The molecule has 1 heterocycles. The van der Waals surface area contributed by atoms with Crippen LogP contribution in [0.25, 0.3) is 21.9 Å². The normalized spacial score (nSPS) is 19.0. The molecule has 0 radical (unpaired) electrons. The summed E-state index contributed by atoms with van der Waals surface area (Å²) in [6, 6.07) is 12.4. The summed E-state index contributed by atoms with van der Waals surface area (Å²) in [5, 5.41) is 2.23. The number of fused-ring (bicyclic) bond motifs is 3. The van der Waals surface area contributed by atoms with E-state index in [1.807, 2.05) is 24.3 Å². The second kappa shape index (κ2) is 8.69. The lowest BCUT2D eigenvalue weighted by molar-refractivity contribution is 0.209. The van der Waals surface area contributed by atoms with Gasteiger partial charge in [-0.2, -0.15) is 0 Å². The van der Waals surface area contributed by atoms with Crippen LogP contribution in [0.4, 0.5) is 0 Å². The average Bonchev–Trinajstić information content (AvgIpc) is 3.15. The van der Waals surface area contributed by atoms with Gasteiger partial charge in [0.05, 0.1) is 13.2 Å². The number of rotatable bonds is 6. The van der Waals surface area contributed by atoms with E-state index in [0.29, 0.717) is 11.8 Å². The molecule has 0 atom stereocenters. The van der Waals surface area contributed by atoms with Gasteiger partial charge in [-0.05, 0) is 73.9 Å². The summed E-state index contributed by atoms with van der Waals surface area (Å²) in [6.45, 7) is 1.66. The van der Waals surface area contributed by atoms with Crippen molar-refractivity contribution in [1.29, 1.82) is 0 Å². The quantitative estimate of drug-likeness (QED) is 0.435. The maximum atomic E-state index is 6.16. The Labute approximate surface area is 173 Å². The third-order valence-corrected chi connectivity index (χ3v) is 6.83. The molecule has 3 heteroatoms. The zero-order valence-electron chi connectivity index (χ0n) is 17.3. The molecule has 2 aromatic carbocycles. The Morgan fingerprint density at radius 3 is 1.52 bits per heavy atom. The third kappa shape index (κ3) is 4.39. The Hall–Kier alpha value is -2.16. The Bertz CT molecular complexity index is 869. The summed E-state index contributed by atoms with van der Waals surface area (Å²) in [7, 11) is 0. The van der Waals surface area contributed by atoms with Gasteiger partial charge in [-0.3, -0.25) is 0 Å². The second-order valence-electron chi connectivity index (χ2n) is 9.05. The highest BCUT2D eigenvalue weighted by molar-refractivity contribution is 6.05. The van der Waals surface area contributed by atoms with Crippen molar-refractivity contribution in [3.05, 3.63) is 36.4 Å². The molecular weight excluding hydrogens is 360 g/mol. The zero-order chi connectivity index (χ0) is 19.5. The summed E-state index contributed by atoms with van der Waals surface area (Å²) < 4.78 is 18.4. The summed E-state index contributed by atoms with van der Waals surface area (Å²) in [4.78, 5) is 0. The van der Waals surface area contributed by atoms with E-state index in [0.717, 1.165) is 46.7 Å². The third-order valence-electron chi connectivity index (χ3n) is 6.83. The minimum Gasteiger partial charge on any atom is -0.493 e. The maximum absolute atomic E-state index is 6.16. The van der Waals surface area contributed by atoms with Crippen molar-refractivity contribution in [2.24, 2.45) is 11.8 Å². The maximum Gasteiger partial charge on any atom is 0.135 e. The fourth-order valence-corrected chi connectivity index (χ4v) is 5.05. The molecule has 0 unspecified atom stereocenters. The predicted octanol–water partition coefficient (Wildman–Crippen LogP) is 7.50. The molecule has 29 heavy (non-hydrogen) atoms. The van der Waals surface area contributed by atoms with Gasteiger partial charge in [0.25, 0.3) is 0 Å². The summed E-state index contributed by atoms with van der Waals surface area (Å²) >= 11 is 0. The van der Waals surface area contributed by atoms with E-state index in [4.69, 9.17) is 13.9 Å². The second-order valence-corrected chi connectivity index (χ2v) is 9.05. The fraction of sp³-hybridized carbons (Fsp3) is 0.538. The number of ether oxygens (including phenoxy) is 2. The van der Waals surface area contributed by atoms with Gasteiger partial charge >= 0.3 is 0 Å². The molecule has 5 rings (SSSR count). The van der Waals surface area contributed by atoms with E-state index in [-0.39, 0.29) is 0 Å². The molecule has 0 aliphatic heterocycles. The molecule has 0 amide bonds. The van der Waals surface area contributed by atoms with Gasteiger partial charge in [-0.15, -0.1) is 0 Å². The van der Waals surface area contributed by atoms with Crippen molar-refractivity contribution in [1.82, 2.24) is 0 Å². The summed E-state index contributed by atoms with van der Waals surface area (Å²) in [6.07, 6.45) is 13.4. The van der Waals surface area contributed by atoms with Gasteiger partial charge in [0, 0.05) is 10.8 Å². The van der Waals surface area contributed by atoms with Gasteiger partial charge in [0.1, 0.15) is 22.7 Å². The molecule has 154 valence electrons. The van der Waals surface area contributed by atoms with Crippen LogP contribution in [0, 0.1) is 11.8 Å². The fourth-order valence-electron chi connectivity index (χ4n) is 5.05. The van der Waals surface area contributed by atoms with Crippen molar-refractivity contribution in [3.8, 4) is 11.5 Å². The first-order valence-corrected chi connectivity index (χ1v) is 11.6. The van der Waals surface area contributed by atoms with E-state index >= 15 is 0 Å². The van der Waals surface area contributed by atoms with Crippen LogP contribution in [0.3, 0.4) is 0 Å². The lowest BCUT2D eigenvalue weighted by Gasteiger charge is -2.21. The summed E-state index contributed by atoms with van der Waals surface area (Å²) in [5.74, 6) is 3.30. The smallest absolute Gasteiger partial charge is 0.135 e. The molecule has 2 aliphatic rings. The van der Waals surface area contributed by atoms with Crippen LogP contribution in [0.5, 0.6) is 11.5 Å².